The molecular weight excluding hydrogens is 326 g/mol. The SMILES string of the molecule is COc1ccc(Nc2ncnc3c2c(C)c(C)n3CCC[NH+](C)C)cc1. The third-order valence-corrected chi connectivity index (χ3v) is 4.82. The zero-order chi connectivity index (χ0) is 18.7. The molecule has 1 aromatic carbocycles. The van der Waals surface area contributed by atoms with Gasteiger partial charge in [-0.2, -0.15) is 0 Å². The second-order valence-corrected chi connectivity index (χ2v) is 6.95. The summed E-state index contributed by atoms with van der Waals surface area (Å²) in [6.07, 6.45) is 2.76. The Kier molecular flexibility index (Phi) is 5.42. The van der Waals surface area contributed by atoms with Crippen molar-refractivity contribution < 1.29 is 9.64 Å². The number of hydrogen-bond acceptors (Lipinski definition) is 4. The van der Waals surface area contributed by atoms with Crippen LogP contribution in [0.25, 0.3) is 11.0 Å². The van der Waals surface area contributed by atoms with Crippen LogP contribution in [0.1, 0.15) is 17.7 Å². The Labute approximate surface area is 154 Å². The zero-order valence-electron chi connectivity index (χ0n) is 16.3. The number of methoxy groups -OCH3 is 1. The van der Waals surface area contributed by atoms with E-state index in [9.17, 15) is 0 Å². The fraction of sp³-hybridized carbons (Fsp3) is 0.400. The number of aryl methyl sites for hydroxylation is 2. The van der Waals surface area contributed by atoms with Crippen molar-refractivity contribution >= 4 is 22.5 Å². The molecule has 0 unspecified atom stereocenters. The van der Waals surface area contributed by atoms with Crippen LogP contribution in [0.5, 0.6) is 5.75 Å². The molecule has 0 atom stereocenters. The maximum absolute atomic E-state index is 5.22. The van der Waals surface area contributed by atoms with Gasteiger partial charge in [0.05, 0.1) is 33.1 Å². The highest BCUT2D eigenvalue weighted by Gasteiger charge is 2.16. The summed E-state index contributed by atoms with van der Waals surface area (Å²) in [6, 6.07) is 7.86. The first-order chi connectivity index (χ1) is 12.5. The van der Waals surface area contributed by atoms with Gasteiger partial charge in [-0.05, 0) is 43.7 Å². The number of nitrogens with one attached hydrogen (secondary N) is 2. The zero-order valence-corrected chi connectivity index (χ0v) is 16.3. The van der Waals surface area contributed by atoms with Crippen molar-refractivity contribution in [3.05, 3.63) is 41.9 Å². The van der Waals surface area contributed by atoms with E-state index in [0.29, 0.717) is 0 Å². The third-order valence-electron chi connectivity index (χ3n) is 4.82. The molecule has 0 aliphatic heterocycles. The summed E-state index contributed by atoms with van der Waals surface area (Å²) >= 11 is 0. The second kappa shape index (κ2) is 7.74. The van der Waals surface area contributed by atoms with E-state index >= 15 is 0 Å². The van der Waals surface area contributed by atoms with Gasteiger partial charge in [-0.3, -0.25) is 0 Å². The van der Waals surface area contributed by atoms with Gasteiger partial charge in [0, 0.05) is 24.3 Å². The Morgan fingerprint density at radius 3 is 2.50 bits per heavy atom. The van der Waals surface area contributed by atoms with Crippen molar-refractivity contribution in [2.45, 2.75) is 26.8 Å². The van der Waals surface area contributed by atoms with Crippen molar-refractivity contribution in [1.29, 1.82) is 0 Å². The summed E-state index contributed by atoms with van der Waals surface area (Å²) in [5, 5.41) is 4.53. The molecule has 0 radical (unpaired) electrons. The van der Waals surface area contributed by atoms with Gasteiger partial charge in [0.2, 0.25) is 0 Å². The summed E-state index contributed by atoms with van der Waals surface area (Å²) in [6.45, 7) is 6.42. The molecule has 0 saturated carbocycles. The average Bonchev–Trinajstić information content (AvgIpc) is 2.88. The third kappa shape index (κ3) is 3.65. The van der Waals surface area contributed by atoms with Crippen LogP contribution in [-0.4, -0.2) is 42.3 Å². The molecule has 2 N–H and O–H groups in total. The lowest BCUT2D eigenvalue weighted by atomic mass is 10.2. The predicted octanol–water partition coefficient (Wildman–Crippen LogP) is 2.33. The summed E-state index contributed by atoms with van der Waals surface area (Å²) in [7, 11) is 6.04. The largest absolute Gasteiger partial charge is 0.497 e. The highest BCUT2D eigenvalue weighted by molar-refractivity contribution is 5.93. The topological polar surface area (TPSA) is 56.4 Å². The van der Waals surface area contributed by atoms with Gasteiger partial charge in [0.15, 0.2) is 0 Å². The number of ether oxygens (including phenoxy) is 1. The van der Waals surface area contributed by atoms with E-state index in [1.807, 2.05) is 24.3 Å². The fourth-order valence-corrected chi connectivity index (χ4v) is 3.24. The normalized spacial score (nSPS) is 11.3. The molecular formula is C20H28N5O+. The first kappa shape index (κ1) is 18.2. The number of hydrogen-bond donors (Lipinski definition) is 2. The molecule has 3 aromatic rings. The second-order valence-electron chi connectivity index (χ2n) is 6.95. The first-order valence-electron chi connectivity index (χ1n) is 9.01. The van der Waals surface area contributed by atoms with E-state index in [-0.39, 0.29) is 0 Å². The van der Waals surface area contributed by atoms with Crippen LogP contribution in [0.15, 0.2) is 30.6 Å². The Balaban J connectivity index is 1.94. The highest BCUT2D eigenvalue weighted by Crippen LogP contribution is 2.30. The first-order valence-corrected chi connectivity index (χ1v) is 9.01. The van der Waals surface area contributed by atoms with Gasteiger partial charge < -0.3 is 19.5 Å². The lowest BCUT2D eigenvalue weighted by Crippen LogP contribution is -3.05. The number of rotatable bonds is 7. The summed E-state index contributed by atoms with van der Waals surface area (Å²) < 4.78 is 7.54. The highest BCUT2D eigenvalue weighted by atomic mass is 16.5. The van der Waals surface area contributed by atoms with Gasteiger partial charge >= 0.3 is 0 Å². The molecule has 2 aromatic heterocycles. The molecule has 26 heavy (non-hydrogen) atoms. The van der Waals surface area contributed by atoms with E-state index in [1.54, 1.807) is 13.4 Å². The number of quaternary nitrogens is 1. The predicted molar refractivity (Wildman–Crippen MR) is 106 cm³/mol. The van der Waals surface area contributed by atoms with E-state index in [0.717, 1.165) is 47.8 Å². The quantitative estimate of drug-likeness (QED) is 0.684. The number of benzene rings is 1. The van der Waals surface area contributed by atoms with E-state index in [4.69, 9.17) is 4.74 Å². The van der Waals surface area contributed by atoms with Crippen molar-refractivity contribution in [2.75, 3.05) is 33.1 Å². The van der Waals surface area contributed by atoms with Gasteiger partial charge in [-0.25, -0.2) is 9.97 Å². The van der Waals surface area contributed by atoms with Crippen LogP contribution >= 0.6 is 0 Å². The summed E-state index contributed by atoms with van der Waals surface area (Å²) in [5.74, 6) is 1.68. The van der Waals surface area contributed by atoms with Crippen molar-refractivity contribution in [3.8, 4) is 5.75 Å². The number of nitrogens with zero attached hydrogens (tertiary/aromatic N) is 3. The molecule has 0 bridgehead atoms. The molecule has 3 rings (SSSR count). The van der Waals surface area contributed by atoms with Gasteiger partial charge in [-0.15, -0.1) is 0 Å². The maximum Gasteiger partial charge on any atom is 0.145 e. The van der Waals surface area contributed by atoms with Crippen molar-refractivity contribution in [1.82, 2.24) is 14.5 Å². The Bertz CT molecular complexity index is 883. The van der Waals surface area contributed by atoms with Gasteiger partial charge in [0.1, 0.15) is 23.5 Å². The number of aromatic nitrogens is 3. The molecule has 138 valence electrons. The minimum Gasteiger partial charge on any atom is -0.497 e. The summed E-state index contributed by atoms with van der Waals surface area (Å²) in [5.41, 5.74) is 4.47. The van der Waals surface area contributed by atoms with Gasteiger partial charge in [-0.1, -0.05) is 0 Å². The van der Waals surface area contributed by atoms with Gasteiger partial charge in [0.25, 0.3) is 0 Å². The minimum atomic E-state index is 0.838. The Morgan fingerprint density at radius 1 is 1.12 bits per heavy atom. The van der Waals surface area contributed by atoms with Crippen LogP contribution in [0.3, 0.4) is 0 Å². The molecule has 0 saturated heterocycles. The number of fused-ring (bicyclic) bond motifs is 1. The van der Waals surface area contributed by atoms with Crippen LogP contribution in [0.4, 0.5) is 11.5 Å². The summed E-state index contributed by atoms with van der Waals surface area (Å²) in [4.78, 5) is 10.5. The maximum atomic E-state index is 5.22. The van der Waals surface area contributed by atoms with Crippen LogP contribution in [-0.2, 0) is 6.54 Å². The monoisotopic (exact) mass is 354 g/mol. The smallest absolute Gasteiger partial charge is 0.145 e. The Morgan fingerprint density at radius 2 is 1.85 bits per heavy atom. The number of anilines is 2. The molecule has 0 spiro atoms. The molecule has 6 nitrogen and oxygen atoms in total. The molecule has 0 aliphatic rings. The molecule has 2 heterocycles. The molecule has 6 heteroatoms. The van der Waals surface area contributed by atoms with Crippen LogP contribution < -0.4 is 15.0 Å². The Hall–Kier alpha value is -2.60. The van der Waals surface area contributed by atoms with E-state index < -0.39 is 0 Å². The fourth-order valence-electron chi connectivity index (χ4n) is 3.24. The van der Waals surface area contributed by atoms with E-state index in [1.165, 1.54) is 16.2 Å². The van der Waals surface area contributed by atoms with Crippen LogP contribution in [0.2, 0.25) is 0 Å². The lowest BCUT2D eigenvalue weighted by molar-refractivity contribution is -0.858. The average molecular weight is 354 g/mol. The molecule has 0 fully saturated rings. The molecule has 0 amide bonds. The lowest BCUT2D eigenvalue weighted by Gasteiger charge is -2.10. The van der Waals surface area contributed by atoms with Crippen LogP contribution in [0, 0.1) is 13.8 Å². The molecule has 0 aliphatic carbocycles. The van der Waals surface area contributed by atoms with Crippen molar-refractivity contribution in [2.24, 2.45) is 0 Å². The minimum absolute atomic E-state index is 0.838. The van der Waals surface area contributed by atoms with Crippen molar-refractivity contribution in [3.63, 3.8) is 0 Å². The standard InChI is InChI=1S/C20H27N5O/c1-14-15(2)25(12-6-11-24(3)4)20-18(14)19(21-13-22-20)23-16-7-9-17(26-5)10-8-16/h7-10,13H,6,11-12H2,1-5H3,(H,21,22,23)/p+1. The van der Waals surface area contributed by atoms with E-state index in [2.05, 4.69) is 47.8 Å².